The molecular weight excluding hydrogens is 769 g/mol. The molecule has 282 valence electrons. The topological polar surface area (TPSA) is 51.0 Å². The summed E-state index contributed by atoms with van der Waals surface area (Å²) in [7, 11) is 0. The molecule has 0 saturated carbocycles. The summed E-state index contributed by atoms with van der Waals surface area (Å²) >= 11 is 3.77. The van der Waals surface area contributed by atoms with Gasteiger partial charge in [0.15, 0.2) is 0 Å². The largest absolute Gasteiger partial charge is 0.274 e. The van der Waals surface area contributed by atoms with Gasteiger partial charge in [0.25, 0.3) is 0 Å². The van der Waals surface area contributed by atoms with Crippen molar-refractivity contribution in [1.82, 2.24) is 15.0 Å². The fourth-order valence-corrected chi connectivity index (χ4v) is 11.7. The van der Waals surface area contributed by atoms with Gasteiger partial charge in [-0.3, -0.25) is 15.0 Å². The van der Waals surface area contributed by atoms with Crippen molar-refractivity contribution in [3.05, 3.63) is 185 Å². The predicted molar refractivity (Wildman–Crippen MR) is 254 cm³/mol. The van der Waals surface area contributed by atoms with Crippen LogP contribution in [0.3, 0.4) is 0 Å². The standard InChI is InChI=1S/C54H34N4S2/c1-3-10-47-41(8-1)43-27-35(18-22-49(43)59-47)45-20-16-31-12-14-37-25-39(29-55-51(37)53(31)57-45)33-6-5-7-34(24-33)40-26-38-15-13-32-17-21-46(58-54(32)52(38)56-30-40)36-19-23-50-44(28-36)42-9-2-4-11-48(42)60-50/h1-18,20-22,24-30,32,54H,19,23H2. The lowest BCUT2D eigenvalue weighted by molar-refractivity contribution is 0.591. The van der Waals surface area contributed by atoms with Crippen LogP contribution in [0.25, 0.3) is 97.7 Å². The van der Waals surface area contributed by atoms with Gasteiger partial charge in [0.1, 0.15) is 6.04 Å². The summed E-state index contributed by atoms with van der Waals surface area (Å²) in [6.07, 6.45) is 17.5. The van der Waals surface area contributed by atoms with Crippen molar-refractivity contribution < 1.29 is 0 Å². The number of hydrogen-bond acceptors (Lipinski definition) is 6. The Morgan fingerprint density at radius 3 is 2.22 bits per heavy atom. The van der Waals surface area contributed by atoms with E-state index in [1.807, 2.05) is 35.1 Å². The van der Waals surface area contributed by atoms with E-state index in [0.717, 1.165) is 85.1 Å². The summed E-state index contributed by atoms with van der Waals surface area (Å²) in [4.78, 5) is 22.3. The summed E-state index contributed by atoms with van der Waals surface area (Å²) < 4.78 is 3.97. The van der Waals surface area contributed by atoms with Crippen LogP contribution < -0.4 is 0 Å². The highest BCUT2D eigenvalue weighted by Crippen LogP contribution is 2.43. The number of aliphatic imine (C=N–C) groups is 1. The van der Waals surface area contributed by atoms with E-state index in [2.05, 4.69) is 158 Å². The molecule has 5 aromatic carbocycles. The van der Waals surface area contributed by atoms with Gasteiger partial charge < -0.3 is 0 Å². The zero-order valence-electron chi connectivity index (χ0n) is 32.3. The average Bonchev–Trinajstić information content (AvgIpc) is 3.88. The second-order valence-electron chi connectivity index (χ2n) is 16.1. The van der Waals surface area contributed by atoms with Crippen LogP contribution in [0.15, 0.2) is 169 Å². The number of benzene rings is 5. The third-order valence-corrected chi connectivity index (χ3v) is 14.9. The number of rotatable bonds is 4. The highest BCUT2D eigenvalue weighted by molar-refractivity contribution is 7.25. The van der Waals surface area contributed by atoms with Crippen LogP contribution in [0.5, 0.6) is 0 Å². The van der Waals surface area contributed by atoms with E-state index in [9.17, 15) is 0 Å². The number of allylic oxidation sites excluding steroid dienone is 2. The highest BCUT2D eigenvalue weighted by atomic mass is 32.1. The molecule has 5 aromatic heterocycles. The second kappa shape index (κ2) is 13.3. The Bertz CT molecular complexity index is 3580. The molecule has 10 aromatic rings. The lowest BCUT2D eigenvalue weighted by atomic mass is 9.84. The summed E-state index contributed by atoms with van der Waals surface area (Å²) in [5, 5.41) is 6.07. The third-order valence-electron chi connectivity index (χ3n) is 12.5. The Kier molecular flexibility index (Phi) is 7.56. The van der Waals surface area contributed by atoms with Gasteiger partial charge in [0.2, 0.25) is 0 Å². The van der Waals surface area contributed by atoms with Crippen molar-refractivity contribution in [3.8, 4) is 33.5 Å². The molecule has 2 unspecified atom stereocenters. The van der Waals surface area contributed by atoms with Gasteiger partial charge in [0.05, 0.1) is 28.1 Å². The van der Waals surface area contributed by atoms with Gasteiger partial charge in [-0.15, -0.1) is 22.7 Å². The maximum Gasteiger partial charge on any atom is 0.103 e. The third kappa shape index (κ3) is 5.48. The molecule has 4 nitrogen and oxygen atoms in total. The molecule has 13 rings (SSSR count). The number of hydrogen-bond donors (Lipinski definition) is 0. The zero-order chi connectivity index (χ0) is 39.3. The van der Waals surface area contributed by atoms with Crippen LogP contribution in [0.2, 0.25) is 0 Å². The number of aryl methyl sites for hydroxylation is 1. The average molecular weight is 803 g/mol. The first-order valence-corrected chi connectivity index (χ1v) is 22.2. The van der Waals surface area contributed by atoms with E-state index >= 15 is 0 Å². The van der Waals surface area contributed by atoms with Gasteiger partial charge >= 0.3 is 0 Å². The highest BCUT2D eigenvalue weighted by Gasteiger charge is 2.30. The molecule has 6 heteroatoms. The van der Waals surface area contributed by atoms with Gasteiger partial charge in [-0.25, -0.2) is 4.98 Å². The lowest BCUT2D eigenvalue weighted by Gasteiger charge is -2.28. The molecule has 2 aliphatic carbocycles. The fraction of sp³-hybridized carbons (Fsp3) is 0.0741. The number of fused-ring (bicyclic) bond motifs is 12. The molecule has 2 atom stereocenters. The van der Waals surface area contributed by atoms with Crippen molar-refractivity contribution >= 4 is 92.6 Å². The molecule has 0 saturated heterocycles. The SMILES string of the molecule is C1=CC2C=Cc3cc(-c4cccc(-c5cnc6c(ccc7ccc(-c8ccc9sc%10ccccc%10c9c8)nc76)c5)c4)cnc3C2N=C1C1=Cc2c(sc3ccccc23)CC1. The van der Waals surface area contributed by atoms with Crippen LogP contribution in [0, 0.1) is 5.92 Å². The predicted octanol–water partition coefficient (Wildman–Crippen LogP) is 14.5. The first kappa shape index (κ1) is 34.0. The van der Waals surface area contributed by atoms with E-state index in [1.54, 1.807) is 0 Å². The van der Waals surface area contributed by atoms with Crippen molar-refractivity contribution in [2.24, 2.45) is 10.9 Å². The smallest absolute Gasteiger partial charge is 0.103 e. The normalized spacial score (nSPS) is 16.9. The van der Waals surface area contributed by atoms with Crippen LogP contribution in [0.4, 0.5) is 0 Å². The molecule has 0 fully saturated rings. The van der Waals surface area contributed by atoms with Crippen LogP contribution in [0.1, 0.15) is 34.2 Å². The summed E-state index contributed by atoms with van der Waals surface area (Å²) in [6, 6.07) is 45.9. The summed E-state index contributed by atoms with van der Waals surface area (Å²) in [5.41, 5.74) is 14.3. The molecule has 60 heavy (non-hydrogen) atoms. The molecule has 0 radical (unpaired) electrons. The van der Waals surface area contributed by atoms with Crippen LogP contribution >= 0.6 is 22.7 Å². The zero-order valence-corrected chi connectivity index (χ0v) is 34.0. The van der Waals surface area contributed by atoms with Crippen molar-refractivity contribution in [3.63, 3.8) is 0 Å². The second-order valence-corrected chi connectivity index (χ2v) is 18.3. The first-order chi connectivity index (χ1) is 29.7. The quantitative estimate of drug-likeness (QED) is 0.167. The van der Waals surface area contributed by atoms with Gasteiger partial charge in [-0.05, 0) is 107 Å². The molecule has 0 spiro atoms. The van der Waals surface area contributed by atoms with E-state index in [-0.39, 0.29) is 12.0 Å². The number of aromatic nitrogens is 3. The number of thiophene rings is 2. The molecule has 0 bridgehead atoms. The Labute approximate surface area is 354 Å². The van der Waals surface area contributed by atoms with Gasteiger partial charge in [0, 0.05) is 75.5 Å². The van der Waals surface area contributed by atoms with Crippen molar-refractivity contribution in [2.45, 2.75) is 18.9 Å². The Morgan fingerprint density at radius 1 is 0.533 bits per heavy atom. The summed E-state index contributed by atoms with van der Waals surface area (Å²) in [5.74, 6) is 0.209. The maximum atomic E-state index is 5.39. The van der Waals surface area contributed by atoms with Crippen molar-refractivity contribution in [2.75, 3.05) is 0 Å². The number of pyridine rings is 3. The van der Waals surface area contributed by atoms with E-state index in [1.165, 1.54) is 46.3 Å². The minimum absolute atomic E-state index is 0.0257. The molecule has 6 heterocycles. The minimum atomic E-state index is -0.0257. The Morgan fingerprint density at radius 2 is 1.30 bits per heavy atom. The first-order valence-electron chi connectivity index (χ1n) is 20.5. The van der Waals surface area contributed by atoms with Gasteiger partial charge in [-0.1, -0.05) is 97.1 Å². The molecular formula is C54H34N4S2. The molecule has 0 amide bonds. The van der Waals surface area contributed by atoms with E-state index in [4.69, 9.17) is 19.9 Å². The Hall–Kier alpha value is -6.86. The molecule has 1 aliphatic heterocycles. The summed E-state index contributed by atoms with van der Waals surface area (Å²) in [6.45, 7) is 0. The maximum absolute atomic E-state index is 5.39. The number of dihydropyridines is 1. The van der Waals surface area contributed by atoms with E-state index < -0.39 is 0 Å². The lowest BCUT2D eigenvalue weighted by Crippen LogP contribution is -2.20. The van der Waals surface area contributed by atoms with Crippen LogP contribution in [-0.4, -0.2) is 20.7 Å². The fourth-order valence-electron chi connectivity index (χ4n) is 9.45. The van der Waals surface area contributed by atoms with Crippen molar-refractivity contribution in [1.29, 1.82) is 0 Å². The number of nitrogens with zero attached hydrogens (tertiary/aromatic N) is 4. The Balaban J connectivity index is 0.804. The van der Waals surface area contributed by atoms with Crippen LogP contribution in [-0.2, 0) is 6.42 Å². The molecule has 0 N–H and O–H groups in total. The minimum Gasteiger partial charge on any atom is -0.274 e. The molecule has 3 aliphatic rings. The van der Waals surface area contributed by atoms with Gasteiger partial charge in [-0.2, -0.15) is 0 Å². The van der Waals surface area contributed by atoms with E-state index in [0.29, 0.717) is 0 Å². The monoisotopic (exact) mass is 802 g/mol.